The van der Waals surface area contributed by atoms with Gasteiger partial charge in [-0.05, 0) is 62.2 Å². The van der Waals surface area contributed by atoms with Crippen molar-refractivity contribution >= 4 is 81.0 Å². The lowest BCUT2D eigenvalue weighted by molar-refractivity contribution is 0.102. The lowest BCUT2D eigenvalue weighted by Crippen LogP contribution is -2.14. The van der Waals surface area contributed by atoms with Crippen LogP contribution in [0, 0.1) is 0 Å². The lowest BCUT2D eigenvalue weighted by atomic mass is 10.1. The SMILES string of the molecule is Nc1ccc(Br)cc1C(=O)Nc1c(Br)cc(Br)cc1Br. The summed E-state index contributed by atoms with van der Waals surface area (Å²) in [5.74, 6) is -0.271. The average molecular weight is 528 g/mol. The first-order chi connectivity index (χ1) is 9.38. The predicted molar refractivity (Wildman–Crippen MR) is 96.0 cm³/mol. The van der Waals surface area contributed by atoms with Crippen LogP contribution in [-0.2, 0) is 0 Å². The van der Waals surface area contributed by atoms with Crippen LogP contribution in [0.1, 0.15) is 10.4 Å². The highest BCUT2D eigenvalue weighted by molar-refractivity contribution is 9.11. The molecule has 0 saturated carbocycles. The van der Waals surface area contributed by atoms with Crippen LogP contribution in [0.2, 0.25) is 0 Å². The fourth-order valence-electron chi connectivity index (χ4n) is 1.57. The van der Waals surface area contributed by atoms with Crippen LogP contribution in [0.4, 0.5) is 11.4 Å². The predicted octanol–water partition coefficient (Wildman–Crippen LogP) is 5.57. The van der Waals surface area contributed by atoms with Crippen LogP contribution in [0.3, 0.4) is 0 Å². The molecule has 0 spiro atoms. The molecule has 0 bridgehead atoms. The van der Waals surface area contributed by atoms with Gasteiger partial charge in [-0.15, -0.1) is 0 Å². The molecule has 3 N–H and O–H groups in total. The second-order valence-electron chi connectivity index (χ2n) is 3.93. The van der Waals surface area contributed by atoms with Gasteiger partial charge in [-0.2, -0.15) is 0 Å². The highest BCUT2D eigenvalue weighted by Crippen LogP contribution is 2.35. The van der Waals surface area contributed by atoms with Crippen LogP contribution in [0.25, 0.3) is 0 Å². The minimum absolute atomic E-state index is 0.271. The van der Waals surface area contributed by atoms with Crippen molar-refractivity contribution < 1.29 is 4.79 Å². The summed E-state index contributed by atoms with van der Waals surface area (Å²) in [6, 6.07) is 8.86. The minimum Gasteiger partial charge on any atom is -0.398 e. The summed E-state index contributed by atoms with van der Waals surface area (Å²) in [6.07, 6.45) is 0. The van der Waals surface area contributed by atoms with Crippen molar-refractivity contribution in [2.75, 3.05) is 11.1 Å². The van der Waals surface area contributed by atoms with E-state index in [1.165, 1.54) is 0 Å². The Hall–Kier alpha value is -0.370. The summed E-state index contributed by atoms with van der Waals surface area (Å²) >= 11 is 13.5. The lowest BCUT2D eigenvalue weighted by Gasteiger charge is -2.12. The number of nitrogens with one attached hydrogen (secondary N) is 1. The van der Waals surface area contributed by atoms with Gasteiger partial charge in [0.15, 0.2) is 0 Å². The van der Waals surface area contributed by atoms with E-state index in [1.807, 2.05) is 12.1 Å². The second-order valence-corrected chi connectivity index (χ2v) is 7.47. The number of carbonyl (C=O) groups is 1. The zero-order valence-corrected chi connectivity index (χ0v) is 16.2. The molecular formula is C13H8Br4N2O. The fraction of sp³-hybridized carbons (Fsp3) is 0. The molecule has 0 saturated heterocycles. The number of anilines is 2. The van der Waals surface area contributed by atoms with Crippen LogP contribution in [-0.4, -0.2) is 5.91 Å². The summed E-state index contributed by atoms with van der Waals surface area (Å²) in [7, 11) is 0. The topological polar surface area (TPSA) is 55.1 Å². The number of carbonyl (C=O) groups excluding carboxylic acids is 1. The van der Waals surface area contributed by atoms with Crippen molar-refractivity contribution in [2.45, 2.75) is 0 Å². The second kappa shape index (κ2) is 6.60. The van der Waals surface area contributed by atoms with E-state index in [0.717, 1.165) is 17.9 Å². The summed E-state index contributed by atoms with van der Waals surface area (Å²) in [6.45, 7) is 0. The molecule has 0 aliphatic carbocycles. The van der Waals surface area contributed by atoms with Gasteiger partial charge in [-0.25, -0.2) is 0 Å². The quantitative estimate of drug-likeness (QED) is 0.502. The molecular weight excluding hydrogens is 520 g/mol. The molecule has 1 amide bonds. The van der Waals surface area contributed by atoms with Crippen LogP contribution >= 0.6 is 63.7 Å². The average Bonchev–Trinajstić information content (AvgIpc) is 2.36. The molecule has 0 fully saturated rings. The Labute approximate surface area is 149 Å². The highest BCUT2D eigenvalue weighted by Gasteiger charge is 2.14. The highest BCUT2D eigenvalue weighted by atomic mass is 79.9. The van der Waals surface area contributed by atoms with E-state index in [4.69, 9.17) is 5.73 Å². The maximum Gasteiger partial charge on any atom is 0.257 e. The van der Waals surface area contributed by atoms with Crippen molar-refractivity contribution in [3.05, 3.63) is 53.8 Å². The Morgan fingerprint density at radius 1 is 0.950 bits per heavy atom. The normalized spacial score (nSPS) is 10.4. The number of halogens is 4. The van der Waals surface area contributed by atoms with Crippen LogP contribution in [0.15, 0.2) is 48.2 Å². The summed E-state index contributed by atoms with van der Waals surface area (Å²) in [5, 5.41) is 2.84. The van der Waals surface area contributed by atoms with E-state index in [1.54, 1.807) is 18.2 Å². The fourth-order valence-corrected chi connectivity index (χ4v) is 4.39. The Morgan fingerprint density at radius 2 is 1.55 bits per heavy atom. The Bertz CT molecular complexity index is 665. The van der Waals surface area contributed by atoms with E-state index in [2.05, 4.69) is 69.0 Å². The van der Waals surface area contributed by atoms with Gasteiger partial charge in [0.1, 0.15) is 0 Å². The molecule has 0 aliphatic heterocycles. The van der Waals surface area contributed by atoms with Crippen molar-refractivity contribution in [3.8, 4) is 0 Å². The van der Waals surface area contributed by atoms with E-state index >= 15 is 0 Å². The summed E-state index contributed by atoms with van der Waals surface area (Å²) in [5.41, 5.74) is 7.33. The first-order valence-electron chi connectivity index (χ1n) is 5.39. The van der Waals surface area contributed by atoms with Gasteiger partial charge in [0.05, 0.1) is 11.3 Å². The van der Waals surface area contributed by atoms with E-state index < -0.39 is 0 Å². The van der Waals surface area contributed by atoms with Gasteiger partial charge in [-0.1, -0.05) is 31.9 Å². The molecule has 20 heavy (non-hydrogen) atoms. The zero-order valence-electron chi connectivity index (χ0n) is 9.88. The number of nitrogens with two attached hydrogens (primary N) is 1. The Kier molecular flexibility index (Phi) is 5.28. The molecule has 2 aromatic rings. The molecule has 0 radical (unpaired) electrons. The number of hydrogen-bond donors (Lipinski definition) is 2. The van der Waals surface area contributed by atoms with Gasteiger partial charge >= 0.3 is 0 Å². The van der Waals surface area contributed by atoms with E-state index in [-0.39, 0.29) is 5.91 Å². The third-order valence-corrected chi connectivity index (χ3v) is 4.71. The van der Waals surface area contributed by atoms with Crippen molar-refractivity contribution in [1.82, 2.24) is 0 Å². The molecule has 0 heterocycles. The number of hydrogen-bond acceptors (Lipinski definition) is 2. The molecule has 3 nitrogen and oxygen atoms in total. The molecule has 2 aromatic carbocycles. The zero-order chi connectivity index (χ0) is 14.9. The number of nitrogen functional groups attached to an aromatic ring is 1. The maximum absolute atomic E-state index is 12.3. The van der Waals surface area contributed by atoms with Gasteiger partial charge in [0.2, 0.25) is 0 Å². The molecule has 0 unspecified atom stereocenters. The molecule has 0 atom stereocenters. The maximum atomic E-state index is 12.3. The van der Waals surface area contributed by atoms with Gasteiger partial charge in [-0.3, -0.25) is 4.79 Å². The van der Waals surface area contributed by atoms with Crippen LogP contribution < -0.4 is 11.1 Å². The minimum atomic E-state index is -0.271. The van der Waals surface area contributed by atoms with Crippen molar-refractivity contribution in [2.24, 2.45) is 0 Å². The molecule has 7 heteroatoms. The smallest absolute Gasteiger partial charge is 0.257 e. The number of rotatable bonds is 2. The van der Waals surface area contributed by atoms with Crippen molar-refractivity contribution in [1.29, 1.82) is 0 Å². The van der Waals surface area contributed by atoms with Gasteiger partial charge in [0, 0.05) is 23.6 Å². The Balaban J connectivity index is 2.35. The van der Waals surface area contributed by atoms with Gasteiger partial charge in [0.25, 0.3) is 5.91 Å². The van der Waals surface area contributed by atoms with Crippen molar-refractivity contribution in [3.63, 3.8) is 0 Å². The number of benzene rings is 2. The molecule has 0 aliphatic rings. The monoisotopic (exact) mass is 524 g/mol. The third-order valence-electron chi connectivity index (χ3n) is 2.51. The first kappa shape index (κ1) is 16.0. The summed E-state index contributed by atoms with van der Waals surface area (Å²) < 4.78 is 3.23. The Morgan fingerprint density at radius 3 is 2.15 bits per heavy atom. The van der Waals surface area contributed by atoms with E-state index in [9.17, 15) is 4.79 Å². The first-order valence-corrected chi connectivity index (χ1v) is 8.56. The largest absolute Gasteiger partial charge is 0.398 e. The molecule has 2 rings (SSSR count). The third kappa shape index (κ3) is 3.63. The number of amides is 1. The molecule has 104 valence electrons. The van der Waals surface area contributed by atoms with Gasteiger partial charge < -0.3 is 11.1 Å². The van der Waals surface area contributed by atoms with E-state index in [0.29, 0.717) is 16.9 Å². The molecule has 0 aromatic heterocycles. The summed E-state index contributed by atoms with van der Waals surface area (Å²) in [4.78, 5) is 12.3. The van der Waals surface area contributed by atoms with Crippen LogP contribution in [0.5, 0.6) is 0 Å². The standard InChI is InChI=1S/C13H8Br4N2O/c14-6-1-2-11(18)8(3-6)13(20)19-12-9(16)4-7(15)5-10(12)17/h1-5H,18H2,(H,19,20).